The van der Waals surface area contributed by atoms with Gasteiger partial charge in [-0.25, -0.2) is 9.37 Å². The van der Waals surface area contributed by atoms with Gasteiger partial charge in [0.1, 0.15) is 11.6 Å². The third-order valence-electron chi connectivity index (χ3n) is 4.06. The largest absolute Gasteiger partial charge is 0.334 e. The summed E-state index contributed by atoms with van der Waals surface area (Å²) in [5.74, 6) is 0.454. The van der Waals surface area contributed by atoms with E-state index in [9.17, 15) is 9.18 Å². The van der Waals surface area contributed by atoms with E-state index in [0.717, 1.165) is 5.56 Å². The first-order chi connectivity index (χ1) is 13.6. The summed E-state index contributed by atoms with van der Waals surface area (Å²) in [6.45, 7) is 1.92. The predicted molar refractivity (Wildman–Crippen MR) is 102 cm³/mol. The van der Waals surface area contributed by atoms with Gasteiger partial charge in [0, 0.05) is 22.9 Å². The highest BCUT2D eigenvalue weighted by Crippen LogP contribution is 2.23. The van der Waals surface area contributed by atoms with Gasteiger partial charge in [0.15, 0.2) is 0 Å². The average molecular weight is 374 g/mol. The van der Waals surface area contributed by atoms with Gasteiger partial charge < -0.3 is 9.84 Å². The van der Waals surface area contributed by atoms with Gasteiger partial charge in [-0.15, -0.1) is 0 Å². The molecule has 2 aromatic carbocycles. The molecule has 0 radical (unpaired) electrons. The number of hydrogen-bond acceptors (Lipinski definition) is 5. The lowest BCUT2D eigenvalue weighted by atomic mass is 10.1. The maximum atomic E-state index is 13.1. The molecule has 0 unspecified atom stereocenters. The van der Waals surface area contributed by atoms with Crippen molar-refractivity contribution >= 4 is 11.7 Å². The highest BCUT2D eigenvalue weighted by molar-refractivity contribution is 6.04. The number of hydrogen-bond donors (Lipinski definition) is 1. The molecule has 6 nitrogen and oxygen atoms in total. The quantitative estimate of drug-likeness (QED) is 0.569. The minimum absolute atomic E-state index is 0.266. The zero-order valence-electron chi connectivity index (χ0n) is 14.9. The Balaban J connectivity index is 1.57. The Kier molecular flexibility index (Phi) is 4.63. The van der Waals surface area contributed by atoms with Gasteiger partial charge in [-0.1, -0.05) is 11.2 Å². The molecule has 0 aliphatic rings. The minimum Gasteiger partial charge on any atom is -0.334 e. The number of aryl methyl sites for hydroxylation is 1. The van der Waals surface area contributed by atoms with Crippen LogP contribution in [0.25, 0.3) is 22.8 Å². The Morgan fingerprint density at radius 1 is 1.04 bits per heavy atom. The van der Waals surface area contributed by atoms with Gasteiger partial charge in [-0.3, -0.25) is 4.79 Å². The van der Waals surface area contributed by atoms with Crippen LogP contribution in [0.5, 0.6) is 0 Å². The Hall–Kier alpha value is -3.87. The van der Waals surface area contributed by atoms with Gasteiger partial charge >= 0.3 is 0 Å². The van der Waals surface area contributed by atoms with Gasteiger partial charge in [-0.2, -0.15) is 4.98 Å². The SMILES string of the molecule is Cc1ccnc(NC(=O)c2cccc(-c3nc(-c4ccc(F)cc4)no3)c2)c1. The first-order valence-electron chi connectivity index (χ1n) is 8.52. The molecular formula is C21H15FN4O2. The molecule has 2 aromatic heterocycles. The molecule has 0 aliphatic carbocycles. The van der Waals surface area contributed by atoms with Crippen LogP contribution in [-0.2, 0) is 0 Å². The second-order valence-electron chi connectivity index (χ2n) is 6.18. The van der Waals surface area contributed by atoms with Crippen molar-refractivity contribution in [3.8, 4) is 22.8 Å². The van der Waals surface area contributed by atoms with Crippen molar-refractivity contribution in [3.63, 3.8) is 0 Å². The summed E-state index contributed by atoms with van der Waals surface area (Å²) >= 11 is 0. The van der Waals surface area contributed by atoms with E-state index in [1.807, 2.05) is 13.0 Å². The van der Waals surface area contributed by atoms with E-state index in [4.69, 9.17) is 4.52 Å². The molecule has 7 heteroatoms. The molecule has 0 aliphatic heterocycles. The molecule has 4 aromatic rings. The fourth-order valence-corrected chi connectivity index (χ4v) is 2.64. The number of rotatable bonds is 4. The Morgan fingerprint density at radius 2 is 1.86 bits per heavy atom. The lowest BCUT2D eigenvalue weighted by Gasteiger charge is -2.05. The average Bonchev–Trinajstić information content (AvgIpc) is 3.19. The van der Waals surface area contributed by atoms with E-state index in [2.05, 4.69) is 20.4 Å². The molecule has 0 bridgehead atoms. The van der Waals surface area contributed by atoms with Crippen LogP contribution in [0, 0.1) is 12.7 Å². The van der Waals surface area contributed by atoms with E-state index >= 15 is 0 Å². The molecule has 138 valence electrons. The van der Waals surface area contributed by atoms with Crippen molar-refractivity contribution in [2.45, 2.75) is 6.92 Å². The minimum atomic E-state index is -0.339. The maximum absolute atomic E-state index is 13.1. The lowest BCUT2D eigenvalue weighted by molar-refractivity contribution is 0.102. The van der Waals surface area contributed by atoms with Gasteiger partial charge in [0.2, 0.25) is 5.82 Å². The molecule has 28 heavy (non-hydrogen) atoms. The second-order valence-corrected chi connectivity index (χ2v) is 6.18. The van der Waals surface area contributed by atoms with Crippen LogP contribution < -0.4 is 5.32 Å². The Bertz CT molecular complexity index is 1140. The zero-order valence-corrected chi connectivity index (χ0v) is 14.9. The summed E-state index contributed by atoms with van der Waals surface area (Å²) in [7, 11) is 0. The molecule has 0 saturated heterocycles. The van der Waals surface area contributed by atoms with E-state index < -0.39 is 0 Å². The Labute approximate surface area is 160 Å². The van der Waals surface area contributed by atoms with Crippen LogP contribution in [0.4, 0.5) is 10.2 Å². The van der Waals surface area contributed by atoms with Crippen LogP contribution in [-0.4, -0.2) is 21.0 Å². The van der Waals surface area contributed by atoms with E-state index in [1.54, 1.807) is 48.7 Å². The normalized spacial score (nSPS) is 10.6. The zero-order chi connectivity index (χ0) is 19.5. The van der Waals surface area contributed by atoms with Gasteiger partial charge in [0.25, 0.3) is 11.8 Å². The summed E-state index contributed by atoms with van der Waals surface area (Å²) in [6, 6.07) is 16.3. The third-order valence-corrected chi connectivity index (χ3v) is 4.06. The number of nitrogens with one attached hydrogen (secondary N) is 1. The van der Waals surface area contributed by atoms with Crippen molar-refractivity contribution in [2.75, 3.05) is 5.32 Å². The maximum Gasteiger partial charge on any atom is 0.258 e. The smallest absolute Gasteiger partial charge is 0.258 e. The summed E-state index contributed by atoms with van der Waals surface area (Å²) in [5.41, 5.74) is 2.67. The molecule has 0 spiro atoms. The summed E-state index contributed by atoms with van der Waals surface area (Å²) in [4.78, 5) is 21.0. The van der Waals surface area contributed by atoms with Crippen LogP contribution >= 0.6 is 0 Å². The molecule has 0 saturated carbocycles. The number of benzene rings is 2. The van der Waals surface area contributed by atoms with Crippen molar-refractivity contribution in [2.24, 2.45) is 0 Å². The highest BCUT2D eigenvalue weighted by atomic mass is 19.1. The molecule has 1 amide bonds. The number of anilines is 1. The van der Waals surface area contributed by atoms with Crippen LogP contribution in [0.2, 0.25) is 0 Å². The first kappa shape index (κ1) is 17.5. The number of pyridine rings is 1. The second kappa shape index (κ2) is 7.40. The van der Waals surface area contributed by atoms with E-state index in [0.29, 0.717) is 28.3 Å². The Morgan fingerprint density at radius 3 is 2.64 bits per heavy atom. The van der Waals surface area contributed by atoms with Gasteiger partial charge in [-0.05, 0) is 67.1 Å². The van der Waals surface area contributed by atoms with E-state index in [-0.39, 0.29) is 17.6 Å². The number of carbonyl (C=O) groups is 1. The lowest BCUT2D eigenvalue weighted by Crippen LogP contribution is -2.13. The number of nitrogens with zero attached hydrogens (tertiary/aromatic N) is 3. The summed E-state index contributed by atoms with van der Waals surface area (Å²) in [5, 5.41) is 6.69. The predicted octanol–water partition coefficient (Wildman–Crippen LogP) is 4.50. The molecule has 2 heterocycles. The molecule has 4 rings (SSSR count). The highest BCUT2D eigenvalue weighted by Gasteiger charge is 2.13. The van der Waals surface area contributed by atoms with Crippen LogP contribution in [0.3, 0.4) is 0 Å². The van der Waals surface area contributed by atoms with Crippen molar-refractivity contribution in [1.82, 2.24) is 15.1 Å². The third kappa shape index (κ3) is 3.78. The van der Waals surface area contributed by atoms with Crippen LogP contribution in [0.15, 0.2) is 71.4 Å². The summed E-state index contributed by atoms with van der Waals surface area (Å²) in [6.07, 6.45) is 1.64. The monoisotopic (exact) mass is 374 g/mol. The molecular weight excluding hydrogens is 359 g/mol. The summed E-state index contributed by atoms with van der Waals surface area (Å²) < 4.78 is 18.4. The van der Waals surface area contributed by atoms with E-state index in [1.165, 1.54) is 12.1 Å². The molecule has 0 fully saturated rings. The van der Waals surface area contributed by atoms with Crippen molar-refractivity contribution < 1.29 is 13.7 Å². The molecule has 0 atom stereocenters. The van der Waals surface area contributed by atoms with Gasteiger partial charge in [0.05, 0.1) is 0 Å². The fourth-order valence-electron chi connectivity index (χ4n) is 2.64. The van der Waals surface area contributed by atoms with Crippen molar-refractivity contribution in [1.29, 1.82) is 0 Å². The van der Waals surface area contributed by atoms with Crippen molar-refractivity contribution in [3.05, 3.63) is 83.8 Å². The number of amides is 1. The number of carbonyl (C=O) groups excluding carboxylic acids is 1. The number of halogens is 1. The topological polar surface area (TPSA) is 80.9 Å². The van der Waals surface area contributed by atoms with Crippen LogP contribution in [0.1, 0.15) is 15.9 Å². The fraction of sp³-hybridized carbons (Fsp3) is 0.0476. The number of aromatic nitrogens is 3. The molecule has 1 N–H and O–H groups in total. The standard InChI is InChI=1S/C21H15FN4O2/c1-13-9-10-23-18(11-13)24-20(27)15-3-2-4-16(12-15)21-25-19(26-28-21)14-5-7-17(22)8-6-14/h2-12H,1H3,(H,23,24,27). The first-order valence-corrected chi connectivity index (χ1v) is 8.52.